The fraction of sp³-hybridized carbons (Fsp3) is 0.429. The maximum Gasteiger partial charge on any atom is 0.336 e. The largest absolute Gasteiger partial charge is 0.463 e. The van der Waals surface area contributed by atoms with Crippen LogP contribution in [0.5, 0.6) is 0 Å². The summed E-state index contributed by atoms with van der Waals surface area (Å²) in [4.78, 5) is 47.4. The first-order chi connectivity index (χ1) is 15.2. The molecule has 0 bridgehead atoms. The number of nitro groups is 2. The molecule has 1 N–H and O–H groups in total. The number of esters is 2. The van der Waals surface area contributed by atoms with Gasteiger partial charge >= 0.3 is 11.9 Å². The van der Waals surface area contributed by atoms with E-state index in [2.05, 4.69) is 5.32 Å². The van der Waals surface area contributed by atoms with E-state index in [4.69, 9.17) is 9.47 Å². The van der Waals surface area contributed by atoms with Crippen LogP contribution in [0.4, 0.5) is 11.4 Å². The first-order valence-electron chi connectivity index (χ1n) is 10.2. The van der Waals surface area contributed by atoms with E-state index in [-0.39, 0.29) is 29.9 Å². The number of benzene rings is 1. The number of nitrogens with one attached hydrogen (secondary N) is 1. The number of rotatable bonds is 9. The lowest BCUT2D eigenvalue weighted by Crippen LogP contribution is -2.34. The first kappa shape index (κ1) is 24.5. The Morgan fingerprint density at radius 3 is 1.78 bits per heavy atom. The van der Waals surface area contributed by atoms with Crippen molar-refractivity contribution in [1.29, 1.82) is 0 Å². The van der Waals surface area contributed by atoms with Crippen molar-refractivity contribution in [3.8, 4) is 0 Å². The predicted octanol–water partition coefficient (Wildman–Crippen LogP) is 3.64. The Hall–Kier alpha value is -3.76. The zero-order valence-corrected chi connectivity index (χ0v) is 18.3. The SMILES string of the molecule is CCOC(=O)C1=C(CC)NC(CC)=C(C(=O)OCC)C1c1ccc([N+](=O)[O-])cc1[N+](=O)[O-]. The molecule has 32 heavy (non-hydrogen) atoms. The van der Waals surface area contributed by atoms with Crippen LogP contribution in [0.3, 0.4) is 0 Å². The van der Waals surface area contributed by atoms with Gasteiger partial charge in [-0.05, 0) is 32.8 Å². The van der Waals surface area contributed by atoms with Crippen molar-refractivity contribution in [2.75, 3.05) is 13.2 Å². The third kappa shape index (κ3) is 4.76. The Labute approximate surface area is 184 Å². The molecule has 11 heteroatoms. The second-order valence-electron chi connectivity index (χ2n) is 6.75. The molecule has 1 aromatic carbocycles. The maximum absolute atomic E-state index is 13.0. The topological polar surface area (TPSA) is 151 Å². The highest BCUT2D eigenvalue weighted by molar-refractivity contribution is 6.00. The number of non-ortho nitro benzene ring substituents is 1. The second kappa shape index (κ2) is 10.5. The lowest BCUT2D eigenvalue weighted by atomic mass is 9.78. The van der Waals surface area contributed by atoms with Gasteiger partial charge in [0.05, 0.1) is 46.2 Å². The zero-order chi connectivity index (χ0) is 24.0. The van der Waals surface area contributed by atoms with Gasteiger partial charge in [0, 0.05) is 23.0 Å². The molecule has 0 aliphatic carbocycles. The van der Waals surface area contributed by atoms with Crippen LogP contribution in [0.1, 0.15) is 52.0 Å². The van der Waals surface area contributed by atoms with E-state index in [9.17, 15) is 29.8 Å². The number of nitro benzene ring substituents is 2. The molecule has 0 radical (unpaired) electrons. The van der Waals surface area contributed by atoms with E-state index in [1.165, 1.54) is 6.07 Å². The molecule has 1 aliphatic rings. The Balaban J connectivity index is 2.92. The van der Waals surface area contributed by atoms with Crippen molar-refractivity contribution < 1.29 is 28.9 Å². The van der Waals surface area contributed by atoms with Gasteiger partial charge in [0.2, 0.25) is 0 Å². The van der Waals surface area contributed by atoms with Gasteiger partial charge in [0.1, 0.15) is 0 Å². The molecule has 0 atom stereocenters. The summed E-state index contributed by atoms with van der Waals surface area (Å²) in [7, 11) is 0. The van der Waals surface area contributed by atoms with Crippen LogP contribution in [-0.4, -0.2) is 35.0 Å². The number of carbonyl (C=O) groups is 2. The monoisotopic (exact) mass is 447 g/mol. The van der Waals surface area contributed by atoms with Gasteiger partial charge in [-0.25, -0.2) is 9.59 Å². The molecular formula is C21H25N3O8. The van der Waals surface area contributed by atoms with Gasteiger partial charge in [0.15, 0.2) is 0 Å². The number of hydrogen-bond acceptors (Lipinski definition) is 9. The minimum atomic E-state index is -1.19. The second-order valence-corrected chi connectivity index (χ2v) is 6.75. The average molecular weight is 447 g/mol. The quantitative estimate of drug-likeness (QED) is 0.340. The minimum absolute atomic E-state index is 0.0338. The summed E-state index contributed by atoms with van der Waals surface area (Å²) in [5.74, 6) is -2.68. The van der Waals surface area contributed by atoms with Crippen molar-refractivity contribution in [3.63, 3.8) is 0 Å². The lowest BCUT2D eigenvalue weighted by Gasteiger charge is -2.31. The van der Waals surface area contributed by atoms with Crippen LogP contribution in [0.25, 0.3) is 0 Å². The first-order valence-corrected chi connectivity index (χ1v) is 10.2. The highest BCUT2D eigenvalue weighted by Gasteiger charge is 2.42. The van der Waals surface area contributed by atoms with Crippen LogP contribution in [0.15, 0.2) is 40.7 Å². The van der Waals surface area contributed by atoms with Crippen molar-refractivity contribution >= 4 is 23.3 Å². The molecule has 172 valence electrons. The molecule has 0 saturated carbocycles. The molecule has 1 aliphatic heterocycles. The molecule has 2 rings (SSSR count). The highest BCUT2D eigenvalue weighted by Crippen LogP contribution is 2.44. The molecule has 0 spiro atoms. The summed E-state index contributed by atoms with van der Waals surface area (Å²) in [5.41, 5.74) is -0.134. The minimum Gasteiger partial charge on any atom is -0.463 e. The molecule has 1 aromatic rings. The third-order valence-corrected chi connectivity index (χ3v) is 4.96. The normalized spacial score (nSPS) is 14.1. The number of hydrogen-bond donors (Lipinski definition) is 1. The summed E-state index contributed by atoms with van der Waals surface area (Å²) in [6.45, 7) is 6.89. The van der Waals surface area contributed by atoms with Gasteiger partial charge < -0.3 is 14.8 Å². The molecule has 0 fully saturated rings. The van der Waals surface area contributed by atoms with Crippen molar-refractivity contribution in [2.45, 2.75) is 46.5 Å². The summed E-state index contributed by atoms with van der Waals surface area (Å²) < 4.78 is 10.4. The van der Waals surface area contributed by atoms with Gasteiger partial charge in [-0.15, -0.1) is 0 Å². The predicted molar refractivity (Wildman–Crippen MR) is 114 cm³/mol. The molecule has 0 saturated heterocycles. The Morgan fingerprint density at radius 1 is 0.906 bits per heavy atom. The van der Waals surface area contributed by atoms with Gasteiger partial charge in [0.25, 0.3) is 11.4 Å². The fourth-order valence-corrected chi connectivity index (χ4v) is 3.63. The summed E-state index contributed by atoms with van der Waals surface area (Å²) in [6, 6.07) is 3.12. The fourth-order valence-electron chi connectivity index (χ4n) is 3.63. The van der Waals surface area contributed by atoms with Crippen LogP contribution in [0, 0.1) is 20.2 Å². The number of dihydropyridines is 1. The number of ether oxygens (including phenoxy) is 2. The molecule has 0 unspecified atom stereocenters. The Bertz CT molecular complexity index is 970. The van der Waals surface area contributed by atoms with Crippen LogP contribution in [-0.2, 0) is 19.1 Å². The van der Waals surface area contributed by atoms with Gasteiger partial charge in [-0.2, -0.15) is 0 Å². The average Bonchev–Trinajstić information content (AvgIpc) is 2.77. The molecule has 1 heterocycles. The maximum atomic E-state index is 13.0. The van der Waals surface area contributed by atoms with Crippen molar-refractivity contribution in [1.82, 2.24) is 5.32 Å². The number of nitrogens with zero attached hydrogens (tertiary/aromatic N) is 2. The zero-order valence-electron chi connectivity index (χ0n) is 18.3. The summed E-state index contributed by atoms with van der Waals surface area (Å²) >= 11 is 0. The van der Waals surface area contributed by atoms with Gasteiger partial charge in [-0.3, -0.25) is 20.2 Å². The molecule has 0 amide bonds. The molecular weight excluding hydrogens is 422 g/mol. The van der Waals surface area contributed by atoms with Crippen molar-refractivity contribution in [2.24, 2.45) is 0 Å². The molecule has 11 nitrogen and oxygen atoms in total. The van der Waals surface area contributed by atoms with Crippen molar-refractivity contribution in [3.05, 3.63) is 66.5 Å². The lowest BCUT2D eigenvalue weighted by molar-refractivity contribution is -0.394. The van der Waals surface area contributed by atoms with E-state index in [0.29, 0.717) is 24.2 Å². The highest BCUT2D eigenvalue weighted by atomic mass is 16.6. The van der Waals surface area contributed by atoms with E-state index in [1.807, 2.05) is 0 Å². The Kier molecular flexibility index (Phi) is 8.05. The molecule has 0 aromatic heterocycles. The van der Waals surface area contributed by atoms with Gasteiger partial charge in [-0.1, -0.05) is 13.8 Å². The Morgan fingerprint density at radius 2 is 1.41 bits per heavy atom. The van der Waals surface area contributed by atoms with E-state index in [0.717, 1.165) is 12.1 Å². The number of carbonyl (C=O) groups excluding carboxylic acids is 2. The van der Waals surface area contributed by atoms with E-state index < -0.39 is 39.1 Å². The standard InChI is InChI=1S/C21H25N3O8/c1-5-14-18(20(25)31-7-3)17(19(15(6-2)22-14)21(26)32-8-4)13-10-9-12(23(27)28)11-16(13)24(29)30/h9-11,17,22H,5-8H2,1-4H3. The number of allylic oxidation sites excluding steroid dienone is 2. The summed E-state index contributed by atoms with van der Waals surface area (Å²) in [5, 5.41) is 26.1. The van der Waals surface area contributed by atoms with Crippen LogP contribution >= 0.6 is 0 Å². The van der Waals surface area contributed by atoms with Crippen LogP contribution < -0.4 is 5.32 Å². The van der Waals surface area contributed by atoms with E-state index >= 15 is 0 Å². The summed E-state index contributed by atoms with van der Waals surface area (Å²) in [6.07, 6.45) is 0.704. The van der Waals surface area contributed by atoms with E-state index in [1.54, 1.807) is 27.7 Å². The smallest absolute Gasteiger partial charge is 0.336 e. The van der Waals surface area contributed by atoms with Crippen LogP contribution in [0.2, 0.25) is 0 Å². The third-order valence-electron chi connectivity index (χ3n) is 4.96.